The molecule has 1 fully saturated rings. The van der Waals surface area contributed by atoms with Crippen molar-refractivity contribution < 1.29 is 16.8 Å². The zero-order valence-corrected chi connectivity index (χ0v) is 13.3. The lowest BCUT2D eigenvalue weighted by molar-refractivity contribution is 0.517. The van der Waals surface area contributed by atoms with Gasteiger partial charge < -0.3 is 5.43 Å². The van der Waals surface area contributed by atoms with Crippen LogP contribution in [-0.2, 0) is 19.9 Å². The van der Waals surface area contributed by atoms with Gasteiger partial charge in [-0.2, -0.15) is 0 Å². The van der Waals surface area contributed by atoms with Gasteiger partial charge in [-0.3, -0.25) is 0 Å². The molecule has 2 rings (SSSR count). The maximum Gasteiger partial charge on any atom is 0.242 e. The minimum Gasteiger partial charge on any atom is -0.307 e. The molecule has 0 amide bonds. The second-order valence-corrected chi connectivity index (χ2v) is 9.07. The van der Waals surface area contributed by atoms with Crippen LogP contribution in [0.1, 0.15) is 12.8 Å². The molecule has 1 aromatic heterocycles. The van der Waals surface area contributed by atoms with Crippen molar-refractivity contribution in [2.24, 2.45) is 5.84 Å². The van der Waals surface area contributed by atoms with E-state index >= 15 is 0 Å². The summed E-state index contributed by atoms with van der Waals surface area (Å²) in [4.78, 5) is 3.64. The second-order valence-electron chi connectivity index (χ2n) is 4.72. The van der Waals surface area contributed by atoms with Gasteiger partial charge in [0.25, 0.3) is 0 Å². The van der Waals surface area contributed by atoms with E-state index in [1.807, 2.05) is 0 Å². The molecule has 0 aromatic carbocycles. The van der Waals surface area contributed by atoms with E-state index < -0.39 is 25.9 Å². The van der Waals surface area contributed by atoms with E-state index in [1.165, 1.54) is 6.07 Å². The van der Waals surface area contributed by atoms with Crippen LogP contribution in [-0.4, -0.2) is 39.4 Å². The summed E-state index contributed by atoms with van der Waals surface area (Å²) in [5.41, 5.74) is 2.23. The quantitative estimate of drug-likeness (QED) is 0.507. The van der Waals surface area contributed by atoms with Crippen molar-refractivity contribution in [3.63, 3.8) is 0 Å². The van der Waals surface area contributed by atoms with Crippen molar-refractivity contribution >= 4 is 37.3 Å². The number of nitrogens with two attached hydrogens (primary N) is 1. The van der Waals surface area contributed by atoms with E-state index in [9.17, 15) is 16.8 Å². The van der Waals surface area contributed by atoms with Crippen molar-refractivity contribution in [2.75, 3.05) is 16.9 Å². The Morgan fingerprint density at radius 1 is 1.43 bits per heavy atom. The smallest absolute Gasteiger partial charge is 0.242 e. The highest BCUT2D eigenvalue weighted by molar-refractivity contribution is 7.91. The number of aromatic nitrogens is 1. The average Bonchev–Trinajstić information content (AvgIpc) is 2.36. The summed E-state index contributed by atoms with van der Waals surface area (Å²) in [5, 5.41) is 0.0524. The van der Waals surface area contributed by atoms with Gasteiger partial charge in [-0.05, 0) is 18.9 Å². The number of hydrogen-bond donors (Lipinski definition) is 3. The van der Waals surface area contributed by atoms with Crippen LogP contribution < -0.4 is 16.0 Å². The molecule has 1 aromatic rings. The van der Waals surface area contributed by atoms with Crippen molar-refractivity contribution in [3.05, 3.63) is 17.3 Å². The van der Waals surface area contributed by atoms with E-state index in [4.69, 9.17) is 17.4 Å². The zero-order chi connectivity index (χ0) is 15.7. The maximum atomic E-state index is 12.2. The van der Waals surface area contributed by atoms with Gasteiger partial charge in [-0.15, -0.1) is 0 Å². The normalized spacial score (nSPS) is 21.9. The van der Waals surface area contributed by atoms with E-state index in [1.54, 1.807) is 0 Å². The van der Waals surface area contributed by atoms with Crippen LogP contribution in [0.4, 0.5) is 5.82 Å². The van der Waals surface area contributed by atoms with Crippen molar-refractivity contribution in [1.29, 1.82) is 0 Å². The van der Waals surface area contributed by atoms with Crippen molar-refractivity contribution in [2.45, 2.75) is 23.8 Å². The summed E-state index contributed by atoms with van der Waals surface area (Å²) < 4.78 is 49.8. The van der Waals surface area contributed by atoms with E-state index in [-0.39, 0.29) is 27.2 Å². The van der Waals surface area contributed by atoms with Crippen LogP contribution in [0.2, 0.25) is 5.02 Å². The summed E-state index contributed by atoms with van der Waals surface area (Å²) in [6.07, 6.45) is 2.01. The number of nitrogens with zero attached hydrogens (tertiary/aromatic N) is 1. The van der Waals surface area contributed by atoms with Gasteiger partial charge >= 0.3 is 0 Å². The second kappa shape index (κ2) is 6.05. The molecule has 0 aliphatic carbocycles. The number of sulfone groups is 1. The van der Waals surface area contributed by atoms with Crippen LogP contribution in [0.25, 0.3) is 0 Å². The van der Waals surface area contributed by atoms with Crippen LogP contribution in [0.5, 0.6) is 0 Å². The summed E-state index contributed by atoms with van der Waals surface area (Å²) in [6, 6.07) is 0.559. The maximum absolute atomic E-state index is 12.2. The molecule has 118 valence electrons. The molecule has 1 saturated heterocycles. The number of halogens is 1. The highest BCUT2D eigenvalue weighted by Gasteiger charge is 2.29. The van der Waals surface area contributed by atoms with Gasteiger partial charge in [0.1, 0.15) is 4.90 Å². The molecule has 0 saturated carbocycles. The van der Waals surface area contributed by atoms with Gasteiger partial charge in [0.15, 0.2) is 15.7 Å². The highest BCUT2D eigenvalue weighted by atomic mass is 35.5. The Labute approximate surface area is 128 Å². The lowest BCUT2D eigenvalue weighted by atomic mass is 10.2. The third-order valence-electron chi connectivity index (χ3n) is 3.05. The van der Waals surface area contributed by atoms with Gasteiger partial charge in [0.2, 0.25) is 10.0 Å². The predicted octanol–water partition coefficient (Wildman–Crippen LogP) is -0.124. The number of anilines is 1. The molecule has 4 N–H and O–H groups in total. The zero-order valence-electron chi connectivity index (χ0n) is 10.9. The van der Waals surface area contributed by atoms with E-state index in [0.717, 1.165) is 6.20 Å². The van der Waals surface area contributed by atoms with Crippen molar-refractivity contribution in [3.8, 4) is 0 Å². The number of sulfonamides is 1. The van der Waals surface area contributed by atoms with Gasteiger partial charge in [0, 0.05) is 12.2 Å². The topological polar surface area (TPSA) is 131 Å². The first kappa shape index (κ1) is 16.4. The standard InChI is InChI=1S/C10H15ClN4O4S2/c11-9-4-8(5-13-10(9)14-12)21(18,19)15-7-2-1-3-20(16,17)6-7/h4-5,7,15H,1-3,6,12H2,(H,13,14). The first-order valence-corrected chi connectivity index (χ1v) is 9.77. The fourth-order valence-electron chi connectivity index (χ4n) is 2.08. The molecular formula is C10H15ClN4O4S2. The Bertz CT molecular complexity index is 735. The first-order valence-electron chi connectivity index (χ1n) is 6.08. The summed E-state index contributed by atoms with van der Waals surface area (Å²) in [6.45, 7) is 0. The average molecular weight is 355 g/mol. The summed E-state index contributed by atoms with van der Waals surface area (Å²) in [5.74, 6) is 5.20. The van der Waals surface area contributed by atoms with Crippen LogP contribution >= 0.6 is 11.6 Å². The molecule has 2 heterocycles. The van der Waals surface area contributed by atoms with Gasteiger partial charge in [-0.25, -0.2) is 32.4 Å². The SMILES string of the molecule is NNc1ncc(S(=O)(=O)NC2CCCS(=O)(=O)C2)cc1Cl. The van der Waals surface area contributed by atoms with Crippen LogP contribution in [0, 0.1) is 0 Å². The number of hydrazine groups is 1. The fraction of sp³-hybridized carbons (Fsp3) is 0.500. The highest BCUT2D eigenvalue weighted by Crippen LogP contribution is 2.22. The first-order chi connectivity index (χ1) is 9.73. The van der Waals surface area contributed by atoms with Crippen molar-refractivity contribution in [1.82, 2.24) is 9.71 Å². The molecule has 8 nitrogen and oxygen atoms in total. The Hall–Kier alpha value is -0.940. The number of hydrogen-bond acceptors (Lipinski definition) is 7. The van der Waals surface area contributed by atoms with Crippen LogP contribution in [0.15, 0.2) is 17.2 Å². The Kier molecular flexibility index (Phi) is 4.73. The Morgan fingerprint density at radius 2 is 2.14 bits per heavy atom. The molecule has 11 heteroatoms. The lowest BCUT2D eigenvalue weighted by Gasteiger charge is -2.22. The summed E-state index contributed by atoms with van der Waals surface area (Å²) >= 11 is 5.83. The predicted molar refractivity (Wildman–Crippen MR) is 79.1 cm³/mol. The van der Waals surface area contributed by atoms with Crippen LogP contribution in [0.3, 0.4) is 0 Å². The minimum absolute atomic E-state index is 0.0524. The Balaban J connectivity index is 2.20. The molecule has 0 bridgehead atoms. The molecule has 0 spiro atoms. The van der Waals surface area contributed by atoms with Gasteiger partial charge in [-0.1, -0.05) is 11.6 Å². The lowest BCUT2D eigenvalue weighted by Crippen LogP contribution is -2.43. The number of rotatable bonds is 4. The monoisotopic (exact) mass is 354 g/mol. The molecular weight excluding hydrogens is 340 g/mol. The number of nitrogens with one attached hydrogen (secondary N) is 2. The minimum atomic E-state index is -3.89. The third kappa shape index (κ3) is 4.04. The van der Waals surface area contributed by atoms with E-state index in [2.05, 4.69) is 15.1 Å². The number of nitrogen functional groups attached to an aromatic ring is 1. The summed E-state index contributed by atoms with van der Waals surface area (Å²) in [7, 11) is -7.09. The Morgan fingerprint density at radius 3 is 2.71 bits per heavy atom. The largest absolute Gasteiger partial charge is 0.307 e. The van der Waals surface area contributed by atoms with Gasteiger partial charge in [0.05, 0.1) is 16.5 Å². The third-order valence-corrected chi connectivity index (χ3v) is 6.64. The number of pyridine rings is 1. The van der Waals surface area contributed by atoms with E-state index in [0.29, 0.717) is 12.8 Å². The molecule has 1 aliphatic heterocycles. The molecule has 1 unspecified atom stereocenters. The molecule has 0 radical (unpaired) electrons. The molecule has 1 aliphatic rings. The fourth-order valence-corrected chi connectivity index (χ4v) is 5.34. The molecule has 21 heavy (non-hydrogen) atoms. The molecule has 1 atom stereocenters.